The molecule has 0 saturated heterocycles. The standard InChI is InChI=1S/C17H21NO2S2/c1-4-14-7-11-17(12-8-14)22(19,20)18(2)13-15-5-9-16(21-3)10-6-15/h5-12H,4,13H2,1-3H3. The second kappa shape index (κ2) is 7.31. The van der Waals surface area contributed by atoms with E-state index in [1.165, 1.54) is 9.20 Å². The molecule has 0 aliphatic heterocycles. The van der Waals surface area contributed by atoms with Crippen molar-refractivity contribution in [3.05, 3.63) is 59.7 Å². The number of benzene rings is 2. The molecule has 0 spiro atoms. The Morgan fingerprint density at radius 1 is 0.955 bits per heavy atom. The zero-order valence-electron chi connectivity index (χ0n) is 13.1. The summed E-state index contributed by atoms with van der Waals surface area (Å²) in [5.41, 5.74) is 2.11. The van der Waals surface area contributed by atoms with E-state index >= 15 is 0 Å². The number of nitrogens with zero attached hydrogens (tertiary/aromatic N) is 1. The van der Waals surface area contributed by atoms with Gasteiger partial charge in [-0.25, -0.2) is 8.42 Å². The summed E-state index contributed by atoms with van der Waals surface area (Å²) in [5, 5.41) is 0. The van der Waals surface area contributed by atoms with E-state index in [2.05, 4.69) is 0 Å². The summed E-state index contributed by atoms with van der Waals surface area (Å²) in [4.78, 5) is 1.51. The zero-order valence-corrected chi connectivity index (χ0v) is 14.7. The first kappa shape index (κ1) is 17.1. The van der Waals surface area contributed by atoms with Gasteiger partial charge in [0.15, 0.2) is 0 Å². The average Bonchev–Trinajstić information content (AvgIpc) is 2.55. The normalized spacial score (nSPS) is 11.8. The highest BCUT2D eigenvalue weighted by Crippen LogP contribution is 2.19. The van der Waals surface area contributed by atoms with E-state index < -0.39 is 10.0 Å². The highest BCUT2D eigenvalue weighted by atomic mass is 32.2. The van der Waals surface area contributed by atoms with Crippen LogP contribution < -0.4 is 0 Å². The summed E-state index contributed by atoms with van der Waals surface area (Å²) in [6, 6.07) is 15.1. The Balaban J connectivity index is 2.16. The molecular formula is C17H21NO2S2. The van der Waals surface area contributed by atoms with Gasteiger partial charge < -0.3 is 0 Å². The van der Waals surface area contributed by atoms with Gasteiger partial charge in [-0.1, -0.05) is 31.2 Å². The van der Waals surface area contributed by atoms with Gasteiger partial charge in [0, 0.05) is 18.5 Å². The molecule has 2 rings (SSSR count). The molecule has 22 heavy (non-hydrogen) atoms. The van der Waals surface area contributed by atoms with Gasteiger partial charge in [-0.05, 0) is 48.1 Å². The molecule has 0 saturated carbocycles. The van der Waals surface area contributed by atoms with Gasteiger partial charge in [-0.3, -0.25) is 0 Å². The minimum Gasteiger partial charge on any atom is -0.207 e. The maximum absolute atomic E-state index is 12.6. The molecule has 5 heteroatoms. The molecule has 0 heterocycles. The van der Waals surface area contributed by atoms with Crippen molar-refractivity contribution in [1.82, 2.24) is 4.31 Å². The molecule has 0 fully saturated rings. The third-order valence-electron chi connectivity index (χ3n) is 3.60. The molecule has 0 aromatic heterocycles. The second-order valence-electron chi connectivity index (χ2n) is 5.11. The van der Waals surface area contributed by atoms with E-state index in [1.54, 1.807) is 30.9 Å². The fraction of sp³-hybridized carbons (Fsp3) is 0.294. The minimum absolute atomic E-state index is 0.341. The molecule has 0 aliphatic carbocycles. The van der Waals surface area contributed by atoms with Crippen LogP contribution >= 0.6 is 11.8 Å². The number of aryl methyl sites for hydroxylation is 1. The van der Waals surface area contributed by atoms with Crippen LogP contribution in [0.15, 0.2) is 58.3 Å². The molecule has 3 nitrogen and oxygen atoms in total. The van der Waals surface area contributed by atoms with E-state index in [9.17, 15) is 8.42 Å². The van der Waals surface area contributed by atoms with Crippen LogP contribution in [0.25, 0.3) is 0 Å². The van der Waals surface area contributed by atoms with Gasteiger partial charge in [0.2, 0.25) is 10.0 Å². The fourth-order valence-electron chi connectivity index (χ4n) is 2.15. The van der Waals surface area contributed by atoms with Crippen molar-refractivity contribution in [1.29, 1.82) is 0 Å². The van der Waals surface area contributed by atoms with Crippen LogP contribution in [0.3, 0.4) is 0 Å². The first-order valence-corrected chi connectivity index (χ1v) is 9.82. The van der Waals surface area contributed by atoms with Gasteiger partial charge in [-0.15, -0.1) is 11.8 Å². The molecule has 0 unspecified atom stereocenters. The van der Waals surface area contributed by atoms with Crippen LogP contribution in [0, 0.1) is 0 Å². The Hall–Kier alpha value is -1.30. The second-order valence-corrected chi connectivity index (χ2v) is 8.03. The van der Waals surface area contributed by atoms with Crippen molar-refractivity contribution >= 4 is 21.8 Å². The lowest BCUT2D eigenvalue weighted by Gasteiger charge is -2.17. The van der Waals surface area contributed by atoms with Crippen molar-refractivity contribution in [3.8, 4) is 0 Å². The van der Waals surface area contributed by atoms with E-state index in [4.69, 9.17) is 0 Å². The fourth-order valence-corrected chi connectivity index (χ4v) is 3.72. The molecule has 0 amide bonds. The number of thioether (sulfide) groups is 1. The number of hydrogen-bond donors (Lipinski definition) is 0. The third-order valence-corrected chi connectivity index (χ3v) is 6.17. The molecule has 0 atom stereocenters. The lowest BCUT2D eigenvalue weighted by atomic mass is 10.2. The van der Waals surface area contributed by atoms with Gasteiger partial charge >= 0.3 is 0 Å². The van der Waals surface area contributed by atoms with Crippen LogP contribution in [0.1, 0.15) is 18.1 Å². The van der Waals surface area contributed by atoms with Crippen LogP contribution in [0.4, 0.5) is 0 Å². The monoisotopic (exact) mass is 335 g/mol. The Labute approximate surface area is 137 Å². The quantitative estimate of drug-likeness (QED) is 0.754. The van der Waals surface area contributed by atoms with E-state index in [0.717, 1.165) is 17.5 Å². The molecule has 2 aromatic rings. The van der Waals surface area contributed by atoms with E-state index in [0.29, 0.717) is 11.4 Å². The molecular weight excluding hydrogens is 314 g/mol. The zero-order chi connectivity index (χ0) is 16.2. The van der Waals surface area contributed by atoms with E-state index in [-0.39, 0.29) is 0 Å². The van der Waals surface area contributed by atoms with Crippen LogP contribution in [-0.4, -0.2) is 26.0 Å². The molecule has 0 aliphatic rings. The first-order valence-electron chi connectivity index (χ1n) is 7.15. The maximum atomic E-state index is 12.6. The van der Waals surface area contributed by atoms with Crippen LogP contribution in [-0.2, 0) is 23.0 Å². The topological polar surface area (TPSA) is 37.4 Å². The summed E-state index contributed by atoms with van der Waals surface area (Å²) in [6.07, 6.45) is 2.92. The summed E-state index contributed by atoms with van der Waals surface area (Å²) in [6.45, 7) is 2.42. The lowest BCUT2D eigenvalue weighted by Crippen LogP contribution is -2.26. The molecule has 0 bridgehead atoms. The summed E-state index contributed by atoms with van der Waals surface area (Å²) >= 11 is 1.67. The van der Waals surface area contributed by atoms with Crippen molar-refractivity contribution in [2.75, 3.05) is 13.3 Å². The average molecular weight is 335 g/mol. The van der Waals surface area contributed by atoms with Gasteiger partial charge in [0.25, 0.3) is 0 Å². The highest BCUT2D eigenvalue weighted by Gasteiger charge is 2.20. The predicted molar refractivity (Wildman–Crippen MR) is 92.7 cm³/mol. The van der Waals surface area contributed by atoms with E-state index in [1.807, 2.05) is 49.6 Å². The Bertz CT molecular complexity index is 707. The summed E-state index contributed by atoms with van der Waals surface area (Å²) in [7, 11) is -1.83. The number of rotatable bonds is 6. The summed E-state index contributed by atoms with van der Waals surface area (Å²) < 4.78 is 26.6. The SMILES string of the molecule is CCc1ccc(S(=O)(=O)N(C)Cc2ccc(SC)cc2)cc1. The smallest absolute Gasteiger partial charge is 0.207 e. The number of hydrogen-bond acceptors (Lipinski definition) is 3. The third kappa shape index (κ3) is 3.91. The maximum Gasteiger partial charge on any atom is 0.243 e. The largest absolute Gasteiger partial charge is 0.243 e. The van der Waals surface area contributed by atoms with Crippen molar-refractivity contribution < 1.29 is 8.42 Å². The number of sulfonamides is 1. The van der Waals surface area contributed by atoms with Crippen molar-refractivity contribution in [2.24, 2.45) is 0 Å². The Morgan fingerprint density at radius 3 is 2.00 bits per heavy atom. The minimum atomic E-state index is -3.45. The van der Waals surface area contributed by atoms with Gasteiger partial charge in [0.05, 0.1) is 4.90 Å². The van der Waals surface area contributed by atoms with Crippen LogP contribution in [0.2, 0.25) is 0 Å². The van der Waals surface area contributed by atoms with Crippen molar-refractivity contribution in [2.45, 2.75) is 29.7 Å². The molecule has 2 aromatic carbocycles. The molecule has 0 radical (unpaired) electrons. The Morgan fingerprint density at radius 2 is 1.50 bits per heavy atom. The molecule has 118 valence electrons. The Kier molecular flexibility index (Phi) is 5.67. The molecule has 0 N–H and O–H groups in total. The predicted octanol–water partition coefficient (Wildman–Crippen LogP) is 3.79. The van der Waals surface area contributed by atoms with Crippen LogP contribution in [0.5, 0.6) is 0 Å². The first-order chi connectivity index (χ1) is 10.5. The highest BCUT2D eigenvalue weighted by molar-refractivity contribution is 7.98. The lowest BCUT2D eigenvalue weighted by molar-refractivity contribution is 0.466. The summed E-state index contributed by atoms with van der Waals surface area (Å²) in [5.74, 6) is 0. The van der Waals surface area contributed by atoms with Crippen molar-refractivity contribution in [3.63, 3.8) is 0 Å². The van der Waals surface area contributed by atoms with Gasteiger partial charge in [0.1, 0.15) is 0 Å². The van der Waals surface area contributed by atoms with Gasteiger partial charge in [-0.2, -0.15) is 4.31 Å².